The van der Waals surface area contributed by atoms with E-state index in [4.69, 9.17) is 0 Å². The van der Waals surface area contributed by atoms with E-state index < -0.39 is 0 Å². The van der Waals surface area contributed by atoms with Gasteiger partial charge >= 0.3 is 0 Å². The van der Waals surface area contributed by atoms with E-state index in [0.29, 0.717) is 3.92 Å². The van der Waals surface area contributed by atoms with E-state index in [9.17, 15) is 0 Å². The van der Waals surface area contributed by atoms with Crippen molar-refractivity contribution in [1.29, 1.82) is 0 Å². The van der Waals surface area contributed by atoms with Gasteiger partial charge in [-0.05, 0) is 44.3 Å². The molecule has 0 aliphatic heterocycles. The third-order valence-corrected chi connectivity index (χ3v) is 5.74. The van der Waals surface area contributed by atoms with Gasteiger partial charge in [-0.3, -0.25) is 0 Å². The summed E-state index contributed by atoms with van der Waals surface area (Å²) in [6.07, 6.45) is 2.47. The number of rotatable bonds is 3. The van der Waals surface area contributed by atoms with Gasteiger partial charge in [0.2, 0.25) is 0 Å². The Morgan fingerprint density at radius 1 is 0.810 bits per heavy atom. The first-order chi connectivity index (χ1) is 10.3. The van der Waals surface area contributed by atoms with Crippen LogP contribution in [0.4, 0.5) is 0 Å². The van der Waals surface area contributed by atoms with Gasteiger partial charge in [0.15, 0.2) is 0 Å². The zero-order valence-electron chi connectivity index (χ0n) is 12.1. The van der Waals surface area contributed by atoms with Gasteiger partial charge in [0.25, 0.3) is 0 Å². The van der Waals surface area contributed by atoms with E-state index in [1.165, 1.54) is 50.7 Å². The normalized spacial score (nSPS) is 13.4. The number of hydrogen-bond donors (Lipinski definition) is 0. The molecular formula is C20H17I. The SMILES string of the molecule is CCCC(I)c1ccc2ccc3cccc4ccc1c2c34. The summed E-state index contributed by atoms with van der Waals surface area (Å²) in [7, 11) is 0. The molecule has 0 fully saturated rings. The summed E-state index contributed by atoms with van der Waals surface area (Å²) in [6, 6.07) is 20.3. The Bertz CT molecular complexity index is 907. The first kappa shape index (κ1) is 13.3. The van der Waals surface area contributed by atoms with Gasteiger partial charge in [0, 0.05) is 3.92 Å². The standard InChI is InChI=1S/C20H17I/c1-2-4-18(21)16-11-9-15-8-7-13-5-3-6-14-10-12-17(16)20(15)19(13)14/h3,5-12,18H,2,4H2,1H3. The van der Waals surface area contributed by atoms with E-state index in [2.05, 4.69) is 84.1 Å². The average molecular weight is 384 g/mol. The van der Waals surface area contributed by atoms with Gasteiger partial charge in [-0.25, -0.2) is 0 Å². The van der Waals surface area contributed by atoms with E-state index >= 15 is 0 Å². The molecule has 1 heteroatoms. The van der Waals surface area contributed by atoms with E-state index in [-0.39, 0.29) is 0 Å². The Morgan fingerprint density at radius 3 is 2.14 bits per heavy atom. The maximum absolute atomic E-state index is 2.60. The molecule has 0 spiro atoms. The van der Waals surface area contributed by atoms with Gasteiger partial charge in [-0.2, -0.15) is 0 Å². The number of alkyl halides is 1. The number of benzene rings is 4. The van der Waals surface area contributed by atoms with E-state index in [1.54, 1.807) is 0 Å². The van der Waals surface area contributed by atoms with E-state index in [0.717, 1.165) is 0 Å². The van der Waals surface area contributed by atoms with Crippen LogP contribution in [0.3, 0.4) is 0 Å². The first-order valence-corrected chi connectivity index (χ1v) is 8.84. The molecule has 4 aromatic carbocycles. The fourth-order valence-electron chi connectivity index (χ4n) is 3.44. The van der Waals surface area contributed by atoms with Crippen molar-refractivity contribution in [3.05, 3.63) is 60.2 Å². The van der Waals surface area contributed by atoms with Crippen molar-refractivity contribution in [2.45, 2.75) is 23.7 Å². The minimum absolute atomic E-state index is 0.595. The maximum Gasteiger partial charge on any atom is 0.0365 e. The lowest BCUT2D eigenvalue weighted by Gasteiger charge is -2.16. The molecule has 1 atom stereocenters. The van der Waals surface area contributed by atoms with Gasteiger partial charge in [-0.1, -0.05) is 90.5 Å². The van der Waals surface area contributed by atoms with Gasteiger partial charge in [0.05, 0.1) is 0 Å². The molecule has 0 amide bonds. The molecule has 0 aromatic heterocycles. The molecule has 0 saturated heterocycles. The lowest BCUT2D eigenvalue weighted by molar-refractivity contribution is 0.803. The second-order valence-corrected chi connectivity index (χ2v) is 7.27. The molecule has 104 valence electrons. The Morgan fingerprint density at radius 2 is 1.43 bits per heavy atom. The molecule has 0 aliphatic carbocycles. The fourth-order valence-corrected chi connectivity index (χ4v) is 4.61. The predicted octanol–water partition coefficient (Wildman–Crippen LogP) is 6.86. The highest BCUT2D eigenvalue weighted by atomic mass is 127. The molecule has 0 bridgehead atoms. The minimum atomic E-state index is 0.595. The number of hydrogen-bond acceptors (Lipinski definition) is 0. The molecule has 0 N–H and O–H groups in total. The summed E-state index contributed by atoms with van der Waals surface area (Å²) in [5, 5.41) is 8.37. The van der Waals surface area contributed by atoms with Crippen molar-refractivity contribution in [2.24, 2.45) is 0 Å². The monoisotopic (exact) mass is 384 g/mol. The molecule has 0 nitrogen and oxygen atoms in total. The highest BCUT2D eigenvalue weighted by molar-refractivity contribution is 14.1. The van der Waals surface area contributed by atoms with Gasteiger partial charge in [-0.15, -0.1) is 0 Å². The summed E-state index contributed by atoms with van der Waals surface area (Å²) >= 11 is 2.60. The third-order valence-electron chi connectivity index (χ3n) is 4.44. The van der Waals surface area contributed by atoms with Crippen LogP contribution in [-0.2, 0) is 0 Å². The highest BCUT2D eigenvalue weighted by Gasteiger charge is 2.14. The molecule has 21 heavy (non-hydrogen) atoms. The summed E-state index contributed by atoms with van der Waals surface area (Å²) < 4.78 is 0.595. The first-order valence-electron chi connectivity index (χ1n) is 7.60. The van der Waals surface area contributed by atoms with Crippen molar-refractivity contribution >= 4 is 54.9 Å². The second-order valence-electron chi connectivity index (χ2n) is 5.77. The van der Waals surface area contributed by atoms with Crippen LogP contribution in [0.1, 0.15) is 29.3 Å². The molecule has 4 aromatic rings. The molecule has 1 unspecified atom stereocenters. The van der Waals surface area contributed by atoms with Crippen LogP contribution < -0.4 is 0 Å². The summed E-state index contributed by atoms with van der Waals surface area (Å²) in [5.74, 6) is 0. The molecular weight excluding hydrogens is 367 g/mol. The molecule has 0 saturated carbocycles. The molecule has 0 radical (unpaired) electrons. The Labute approximate surface area is 138 Å². The van der Waals surface area contributed by atoms with Crippen molar-refractivity contribution < 1.29 is 0 Å². The fraction of sp³-hybridized carbons (Fsp3) is 0.200. The molecule has 0 aliphatic rings. The van der Waals surface area contributed by atoms with Crippen LogP contribution >= 0.6 is 22.6 Å². The van der Waals surface area contributed by atoms with Crippen molar-refractivity contribution in [3.8, 4) is 0 Å². The largest absolute Gasteiger partial charge is 0.0774 e. The summed E-state index contributed by atoms with van der Waals surface area (Å²) in [4.78, 5) is 0. The molecule has 0 heterocycles. The van der Waals surface area contributed by atoms with Crippen LogP contribution in [0.15, 0.2) is 54.6 Å². The number of halogens is 1. The summed E-state index contributed by atoms with van der Waals surface area (Å²) in [6.45, 7) is 2.27. The van der Waals surface area contributed by atoms with Gasteiger partial charge in [0.1, 0.15) is 0 Å². The van der Waals surface area contributed by atoms with Crippen LogP contribution in [0.5, 0.6) is 0 Å². The van der Waals surface area contributed by atoms with Gasteiger partial charge < -0.3 is 0 Å². The molecule has 4 rings (SSSR count). The topological polar surface area (TPSA) is 0 Å². The Hall–Kier alpha value is -1.35. The highest BCUT2D eigenvalue weighted by Crippen LogP contribution is 2.40. The van der Waals surface area contributed by atoms with Crippen LogP contribution in [0, 0.1) is 0 Å². The Kier molecular flexibility index (Phi) is 3.26. The summed E-state index contributed by atoms with van der Waals surface area (Å²) in [5.41, 5.74) is 1.49. The van der Waals surface area contributed by atoms with E-state index in [1.807, 2.05) is 0 Å². The minimum Gasteiger partial charge on any atom is -0.0774 e. The second kappa shape index (κ2) is 5.13. The zero-order chi connectivity index (χ0) is 14.4. The predicted molar refractivity (Wildman–Crippen MR) is 102 cm³/mol. The van der Waals surface area contributed by atoms with Crippen molar-refractivity contribution in [1.82, 2.24) is 0 Å². The zero-order valence-corrected chi connectivity index (χ0v) is 14.2. The lowest BCUT2D eigenvalue weighted by atomic mass is 9.91. The maximum atomic E-state index is 2.60. The Balaban J connectivity index is 2.15. The smallest absolute Gasteiger partial charge is 0.0365 e. The quantitative estimate of drug-likeness (QED) is 0.206. The lowest BCUT2D eigenvalue weighted by Crippen LogP contribution is -1.93. The van der Waals surface area contributed by atoms with Crippen molar-refractivity contribution in [2.75, 3.05) is 0 Å². The third kappa shape index (κ3) is 2.02. The van der Waals surface area contributed by atoms with Crippen molar-refractivity contribution in [3.63, 3.8) is 0 Å². The van der Waals surface area contributed by atoms with Crippen LogP contribution in [0.25, 0.3) is 32.3 Å². The van der Waals surface area contributed by atoms with Crippen LogP contribution in [0.2, 0.25) is 0 Å². The average Bonchev–Trinajstić information content (AvgIpc) is 2.52. The van der Waals surface area contributed by atoms with Crippen LogP contribution in [-0.4, -0.2) is 0 Å².